The van der Waals surface area contributed by atoms with E-state index in [-0.39, 0.29) is 5.82 Å². The van der Waals surface area contributed by atoms with Crippen molar-refractivity contribution in [2.75, 3.05) is 7.11 Å². The summed E-state index contributed by atoms with van der Waals surface area (Å²) in [5.74, 6) is 2.11. The third kappa shape index (κ3) is 5.41. The molecule has 4 rings (SSSR count). The molecule has 0 aliphatic heterocycles. The Balaban J connectivity index is 1.34. The number of fused-ring (bicyclic) bond motifs is 1. The molecule has 0 bridgehead atoms. The predicted molar refractivity (Wildman–Crippen MR) is 133 cm³/mol. The molecule has 2 heteroatoms. The number of allylic oxidation sites excluding steroid dienone is 2. The van der Waals surface area contributed by atoms with Crippen molar-refractivity contribution in [3.8, 4) is 5.75 Å². The zero-order chi connectivity index (χ0) is 22.3. The number of hydrogen-bond acceptors (Lipinski definition) is 1. The molecule has 1 aliphatic carbocycles. The molecule has 3 aromatic rings. The van der Waals surface area contributed by atoms with Crippen molar-refractivity contribution in [3.63, 3.8) is 0 Å². The number of halogens is 1. The predicted octanol–water partition coefficient (Wildman–Crippen LogP) is 8.40. The van der Waals surface area contributed by atoms with E-state index in [4.69, 9.17) is 4.74 Å². The lowest BCUT2D eigenvalue weighted by atomic mass is 9.78. The molecule has 1 fully saturated rings. The van der Waals surface area contributed by atoms with E-state index in [1.54, 1.807) is 7.11 Å². The fraction of sp³-hybridized carbons (Fsp3) is 0.400. The van der Waals surface area contributed by atoms with Crippen molar-refractivity contribution >= 4 is 10.8 Å². The van der Waals surface area contributed by atoms with Gasteiger partial charge in [-0.05, 0) is 97.1 Å². The summed E-state index contributed by atoms with van der Waals surface area (Å²) in [6.07, 6.45) is 14.0. The zero-order valence-electron chi connectivity index (χ0n) is 19.4. The molecule has 32 heavy (non-hydrogen) atoms. The molecule has 1 nitrogen and oxygen atoms in total. The standard InChI is InChI=1S/C30H35FO/c1-3-4-5-6-22-7-12-24(13-8-22)25-14-9-23(10-15-25)11-16-26-17-18-27-21-28(32-2)19-20-29(27)30(26)31/h5-6,9-10,14-15,17-22,24H,3-4,7-8,11-13,16H2,1-2H3/b6-5+. The number of rotatable bonds is 8. The van der Waals surface area contributed by atoms with E-state index >= 15 is 0 Å². The van der Waals surface area contributed by atoms with E-state index in [9.17, 15) is 4.39 Å². The fourth-order valence-corrected chi connectivity index (χ4v) is 4.97. The Kier molecular flexibility index (Phi) is 7.63. The maximum absolute atomic E-state index is 15.0. The molecule has 0 radical (unpaired) electrons. The lowest BCUT2D eigenvalue weighted by Gasteiger charge is -2.27. The minimum absolute atomic E-state index is 0.105. The summed E-state index contributed by atoms with van der Waals surface area (Å²) >= 11 is 0. The van der Waals surface area contributed by atoms with Crippen LogP contribution in [-0.4, -0.2) is 7.11 Å². The van der Waals surface area contributed by atoms with Gasteiger partial charge in [0.25, 0.3) is 0 Å². The molecule has 0 heterocycles. The van der Waals surface area contributed by atoms with Crippen molar-refractivity contribution in [2.45, 2.75) is 64.2 Å². The molecule has 0 amide bonds. The SMILES string of the molecule is CCC/C=C/C1CCC(c2ccc(CCc3ccc4cc(OC)ccc4c3F)cc2)CC1. The number of benzene rings is 3. The van der Waals surface area contributed by atoms with Crippen LogP contribution in [0.3, 0.4) is 0 Å². The van der Waals surface area contributed by atoms with Gasteiger partial charge < -0.3 is 4.74 Å². The van der Waals surface area contributed by atoms with Crippen LogP contribution in [0.1, 0.15) is 68.1 Å². The molecule has 0 N–H and O–H groups in total. The minimum atomic E-state index is -0.105. The summed E-state index contributed by atoms with van der Waals surface area (Å²) in [5, 5.41) is 1.55. The number of aryl methyl sites for hydroxylation is 2. The highest BCUT2D eigenvalue weighted by molar-refractivity contribution is 5.85. The van der Waals surface area contributed by atoms with Crippen LogP contribution in [0.4, 0.5) is 4.39 Å². The van der Waals surface area contributed by atoms with Crippen LogP contribution < -0.4 is 4.74 Å². The van der Waals surface area contributed by atoms with Gasteiger partial charge in [0.2, 0.25) is 0 Å². The van der Waals surface area contributed by atoms with Crippen LogP contribution in [0.2, 0.25) is 0 Å². The first-order valence-electron chi connectivity index (χ1n) is 12.2. The highest BCUT2D eigenvalue weighted by Crippen LogP contribution is 2.36. The Labute approximate surface area is 192 Å². The van der Waals surface area contributed by atoms with Gasteiger partial charge in [-0.25, -0.2) is 4.39 Å². The Hall–Kier alpha value is -2.61. The van der Waals surface area contributed by atoms with Crippen LogP contribution in [-0.2, 0) is 12.8 Å². The van der Waals surface area contributed by atoms with Gasteiger partial charge in [-0.3, -0.25) is 0 Å². The average Bonchev–Trinajstić information content (AvgIpc) is 2.84. The van der Waals surface area contributed by atoms with Gasteiger partial charge in [-0.1, -0.05) is 61.9 Å². The van der Waals surface area contributed by atoms with Gasteiger partial charge in [0, 0.05) is 5.39 Å². The van der Waals surface area contributed by atoms with Crippen LogP contribution >= 0.6 is 0 Å². The van der Waals surface area contributed by atoms with Gasteiger partial charge in [0.15, 0.2) is 0 Å². The third-order valence-corrected chi connectivity index (χ3v) is 7.01. The van der Waals surface area contributed by atoms with Crippen molar-refractivity contribution in [1.82, 2.24) is 0 Å². The first-order chi connectivity index (χ1) is 15.7. The molecule has 0 aromatic heterocycles. The Morgan fingerprint density at radius 2 is 1.72 bits per heavy atom. The highest BCUT2D eigenvalue weighted by Gasteiger charge is 2.20. The van der Waals surface area contributed by atoms with E-state index in [0.717, 1.165) is 29.0 Å². The van der Waals surface area contributed by atoms with Gasteiger partial charge in [0.1, 0.15) is 11.6 Å². The van der Waals surface area contributed by atoms with E-state index < -0.39 is 0 Å². The quantitative estimate of drug-likeness (QED) is 0.326. The van der Waals surface area contributed by atoms with Crippen LogP contribution in [0.5, 0.6) is 5.75 Å². The smallest absolute Gasteiger partial charge is 0.134 e. The summed E-state index contributed by atoms with van der Waals surface area (Å²) in [7, 11) is 1.63. The Bertz CT molecular complexity index is 1040. The van der Waals surface area contributed by atoms with Crippen molar-refractivity contribution in [3.05, 3.63) is 89.3 Å². The highest BCUT2D eigenvalue weighted by atomic mass is 19.1. The van der Waals surface area contributed by atoms with E-state index in [1.165, 1.54) is 49.7 Å². The molecule has 0 atom stereocenters. The first kappa shape index (κ1) is 22.6. The molecule has 0 saturated heterocycles. The van der Waals surface area contributed by atoms with Gasteiger partial charge in [-0.15, -0.1) is 0 Å². The van der Waals surface area contributed by atoms with Crippen molar-refractivity contribution < 1.29 is 9.13 Å². The number of methoxy groups -OCH3 is 1. The lowest BCUT2D eigenvalue weighted by molar-refractivity contribution is 0.375. The van der Waals surface area contributed by atoms with Gasteiger partial charge >= 0.3 is 0 Å². The second kappa shape index (κ2) is 10.8. The van der Waals surface area contributed by atoms with E-state index in [1.807, 2.05) is 30.3 Å². The number of hydrogen-bond donors (Lipinski definition) is 0. The van der Waals surface area contributed by atoms with Gasteiger partial charge in [-0.2, -0.15) is 0 Å². The molecule has 0 unspecified atom stereocenters. The second-order valence-corrected chi connectivity index (χ2v) is 9.20. The summed E-state index contributed by atoms with van der Waals surface area (Å²) < 4.78 is 20.2. The summed E-state index contributed by atoms with van der Waals surface area (Å²) in [4.78, 5) is 0. The first-order valence-corrected chi connectivity index (χ1v) is 12.2. The van der Waals surface area contributed by atoms with E-state index in [2.05, 4.69) is 43.3 Å². The third-order valence-electron chi connectivity index (χ3n) is 7.01. The lowest BCUT2D eigenvalue weighted by Crippen LogP contribution is -2.11. The van der Waals surface area contributed by atoms with Crippen LogP contribution in [0.15, 0.2) is 66.7 Å². The van der Waals surface area contributed by atoms with E-state index in [0.29, 0.717) is 17.7 Å². The van der Waals surface area contributed by atoms with Crippen LogP contribution in [0.25, 0.3) is 10.8 Å². The molecule has 168 valence electrons. The Morgan fingerprint density at radius 1 is 0.938 bits per heavy atom. The van der Waals surface area contributed by atoms with Crippen LogP contribution in [0, 0.1) is 11.7 Å². The summed E-state index contributed by atoms with van der Waals surface area (Å²) in [5.41, 5.74) is 3.52. The maximum Gasteiger partial charge on any atom is 0.134 e. The minimum Gasteiger partial charge on any atom is -0.497 e. The maximum atomic E-state index is 15.0. The summed E-state index contributed by atoms with van der Waals surface area (Å²) in [6, 6.07) is 18.5. The van der Waals surface area contributed by atoms with Crippen molar-refractivity contribution in [1.29, 1.82) is 0 Å². The molecule has 0 spiro atoms. The number of ether oxygens (including phenoxy) is 1. The van der Waals surface area contributed by atoms with Gasteiger partial charge in [0.05, 0.1) is 7.11 Å². The normalized spacial score (nSPS) is 19.0. The second-order valence-electron chi connectivity index (χ2n) is 9.20. The number of unbranched alkanes of at least 4 members (excludes halogenated alkanes) is 1. The molecule has 3 aromatic carbocycles. The average molecular weight is 431 g/mol. The fourth-order valence-electron chi connectivity index (χ4n) is 4.97. The van der Waals surface area contributed by atoms with Crippen molar-refractivity contribution in [2.24, 2.45) is 5.92 Å². The largest absolute Gasteiger partial charge is 0.497 e. The summed E-state index contributed by atoms with van der Waals surface area (Å²) in [6.45, 7) is 2.24. The molecule has 1 aliphatic rings. The molecule has 1 saturated carbocycles. The molecular formula is C30H35FO. The topological polar surface area (TPSA) is 9.23 Å². The zero-order valence-corrected chi connectivity index (χ0v) is 19.4. The monoisotopic (exact) mass is 430 g/mol. The Morgan fingerprint density at radius 3 is 2.44 bits per heavy atom. The molecular weight excluding hydrogens is 395 g/mol.